The van der Waals surface area contributed by atoms with Gasteiger partial charge in [0.1, 0.15) is 5.69 Å². The van der Waals surface area contributed by atoms with Gasteiger partial charge in [-0.3, -0.25) is 9.89 Å². The van der Waals surface area contributed by atoms with Gasteiger partial charge >= 0.3 is 6.18 Å². The molecule has 10 heteroatoms. The first kappa shape index (κ1) is 23.2. The van der Waals surface area contributed by atoms with E-state index in [0.717, 1.165) is 5.57 Å². The number of sulfone groups is 1. The maximum Gasteiger partial charge on any atom is 0.432 e. The molecule has 0 bridgehead atoms. The van der Waals surface area contributed by atoms with Crippen LogP contribution in [-0.2, 0) is 16.0 Å². The van der Waals surface area contributed by atoms with Crippen LogP contribution in [-0.4, -0.2) is 53.0 Å². The topological polar surface area (TPSA) is 83.1 Å². The van der Waals surface area contributed by atoms with Crippen molar-refractivity contribution in [3.8, 4) is 0 Å². The first-order valence-electron chi connectivity index (χ1n) is 9.22. The highest BCUT2D eigenvalue weighted by Gasteiger charge is 2.44. The van der Waals surface area contributed by atoms with Crippen LogP contribution in [0.2, 0.25) is 0 Å². The Morgan fingerprint density at radius 2 is 2.10 bits per heavy atom. The second-order valence-corrected chi connectivity index (χ2v) is 10.5. The summed E-state index contributed by atoms with van der Waals surface area (Å²) in [4.78, 5) is 14.2. The number of H-pyrrole nitrogens is 1. The number of aromatic nitrogens is 2. The Balaban J connectivity index is 2.18. The van der Waals surface area contributed by atoms with Crippen molar-refractivity contribution in [3.63, 3.8) is 0 Å². The molecule has 2 rings (SSSR count). The Morgan fingerprint density at radius 1 is 1.45 bits per heavy atom. The van der Waals surface area contributed by atoms with Crippen molar-refractivity contribution in [2.75, 3.05) is 18.8 Å². The number of rotatable bonds is 7. The average Bonchev–Trinajstić information content (AvgIpc) is 3.17. The van der Waals surface area contributed by atoms with Crippen LogP contribution in [0.15, 0.2) is 30.4 Å². The number of nitrogens with one attached hydrogen (secondary N) is 1. The zero-order valence-electron chi connectivity index (χ0n) is 16.7. The zero-order valence-corrected chi connectivity index (χ0v) is 17.5. The van der Waals surface area contributed by atoms with Gasteiger partial charge in [-0.05, 0) is 45.1 Å². The predicted molar refractivity (Wildman–Crippen MR) is 104 cm³/mol. The number of hydrogen-bond acceptors (Lipinski definition) is 4. The van der Waals surface area contributed by atoms with E-state index < -0.39 is 32.4 Å². The summed E-state index contributed by atoms with van der Waals surface area (Å²) in [5.41, 5.74) is -0.708. The average molecular weight is 433 g/mol. The maximum absolute atomic E-state index is 12.8. The highest BCUT2D eigenvalue weighted by atomic mass is 32.2. The molecule has 6 nitrogen and oxygen atoms in total. The van der Waals surface area contributed by atoms with Gasteiger partial charge in [0.25, 0.3) is 5.91 Å². The SMILES string of the molecule is C=C/C(=C\C)CN(CCC1CC(C)(C)S(=O)(=O)C1)C(=O)c1cc(C(F)(F)F)[nH]n1. The molecule has 1 aromatic heterocycles. The van der Waals surface area contributed by atoms with Crippen molar-refractivity contribution in [1.29, 1.82) is 0 Å². The second kappa shape index (κ2) is 8.33. The van der Waals surface area contributed by atoms with Crippen molar-refractivity contribution in [2.24, 2.45) is 5.92 Å². The smallest absolute Gasteiger partial charge is 0.333 e. The standard InChI is InChI=1S/C19H26F3N3O3S/c1-5-13(6-2)11-25(8-7-14-10-18(3,4)29(27,28)12-14)17(26)15-9-16(24-23-15)19(20,21)22/h5-6,9,14H,1,7-8,10-12H2,2-4H3,(H,23,24)/b13-6+. The Hall–Kier alpha value is -2.10. The van der Waals surface area contributed by atoms with Crippen molar-refractivity contribution >= 4 is 15.7 Å². The molecule has 0 aliphatic carbocycles. The third kappa shape index (κ3) is 5.29. The van der Waals surface area contributed by atoms with Crippen LogP contribution in [0.4, 0.5) is 13.2 Å². The number of carbonyl (C=O) groups excluding carboxylic acids is 1. The molecule has 1 unspecified atom stereocenters. The Kier molecular flexibility index (Phi) is 6.66. The normalized spacial score (nSPS) is 21.2. The molecule has 0 saturated carbocycles. The van der Waals surface area contributed by atoms with Crippen molar-refractivity contribution in [1.82, 2.24) is 15.1 Å². The van der Waals surface area contributed by atoms with E-state index in [-0.39, 0.29) is 30.5 Å². The summed E-state index contributed by atoms with van der Waals surface area (Å²) in [6.07, 6.45) is -0.401. The van der Waals surface area contributed by atoms with Crippen molar-refractivity contribution in [3.05, 3.63) is 41.8 Å². The molecule has 1 amide bonds. The molecule has 0 radical (unpaired) electrons. The zero-order chi connectivity index (χ0) is 22.0. The van der Waals surface area contributed by atoms with Crippen LogP contribution in [0.1, 0.15) is 49.8 Å². The molecule has 0 spiro atoms. The maximum atomic E-state index is 12.8. The molecule has 1 aromatic rings. The van der Waals surface area contributed by atoms with Crippen LogP contribution in [0.25, 0.3) is 0 Å². The molecule has 162 valence electrons. The van der Waals surface area contributed by atoms with Crippen LogP contribution in [0.5, 0.6) is 0 Å². The van der Waals surface area contributed by atoms with Gasteiger partial charge in [0, 0.05) is 19.2 Å². The number of aromatic amines is 1. The first-order chi connectivity index (χ1) is 13.3. The Morgan fingerprint density at radius 3 is 2.55 bits per heavy atom. The van der Waals surface area contributed by atoms with Gasteiger partial charge in [0.15, 0.2) is 15.5 Å². The van der Waals surface area contributed by atoms with Crippen molar-refractivity contribution < 1.29 is 26.4 Å². The van der Waals surface area contributed by atoms with Gasteiger partial charge in [0.05, 0.1) is 10.5 Å². The molecule has 1 saturated heterocycles. The summed E-state index contributed by atoms with van der Waals surface area (Å²) in [6.45, 7) is 9.16. The number of amides is 1. The minimum absolute atomic E-state index is 0.0423. The summed E-state index contributed by atoms with van der Waals surface area (Å²) in [6, 6.07) is 0.682. The lowest BCUT2D eigenvalue weighted by Crippen LogP contribution is -2.35. The number of allylic oxidation sites excluding steroid dienone is 1. The highest BCUT2D eigenvalue weighted by molar-refractivity contribution is 7.93. The van der Waals surface area contributed by atoms with Crippen LogP contribution in [0.3, 0.4) is 0 Å². The summed E-state index contributed by atoms with van der Waals surface area (Å²) in [7, 11) is -3.21. The number of halogens is 3. The quantitative estimate of drug-likeness (QED) is 0.666. The monoisotopic (exact) mass is 433 g/mol. The Labute approximate surface area is 168 Å². The molecular weight excluding hydrogens is 407 g/mol. The lowest BCUT2D eigenvalue weighted by Gasteiger charge is -2.24. The van der Waals surface area contributed by atoms with Gasteiger partial charge < -0.3 is 4.90 Å². The summed E-state index contributed by atoms with van der Waals surface area (Å²) in [5.74, 6) is -0.730. The number of nitrogens with zero attached hydrogens (tertiary/aromatic N) is 2. The van der Waals surface area contributed by atoms with E-state index in [1.165, 1.54) is 4.90 Å². The van der Waals surface area contributed by atoms with Gasteiger partial charge in [-0.1, -0.05) is 18.7 Å². The second-order valence-electron chi connectivity index (χ2n) is 7.86. The van der Waals surface area contributed by atoms with Crippen LogP contribution >= 0.6 is 0 Å². The van der Waals surface area contributed by atoms with Gasteiger partial charge in [-0.15, -0.1) is 0 Å². The van der Waals surface area contributed by atoms with E-state index in [9.17, 15) is 26.4 Å². The summed E-state index contributed by atoms with van der Waals surface area (Å²) in [5, 5.41) is 5.36. The van der Waals surface area contributed by atoms with E-state index in [2.05, 4.69) is 11.7 Å². The van der Waals surface area contributed by atoms with Crippen molar-refractivity contribution in [2.45, 2.75) is 44.5 Å². The van der Waals surface area contributed by atoms with E-state index in [4.69, 9.17) is 0 Å². The number of hydrogen-bond donors (Lipinski definition) is 1. The van der Waals surface area contributed by atoms with E-state index >= 15 is 0 Å². The molecule has 1 aliphatic heterocycles. The summed E-state index contributed by atoms with van der Waals surface area (Å²) < 4.78 is 62.1. The van der Waals surface area contributed by atoms with Crippen LogP contribution < -0.4 is 0 Å². The molecular formula is C19H26F3N3O3S. The molecule has 0 aromatic carbocycles. The van der Waals surface area contributed by atoms with Gasteiger partial charge in [0.2, 0.25) is 0 Å². The third-order valence-corrected chi connectivity index (χ3v) is 8.04. The lowest BCUT2D eigenvalue weighted by molar-refractivity contribution is -0.141. The Bertz CT molecular complexity index is 901. The molecule has 2 heterocycles. The fraction of sp³-hybridized carbons (Fsp3) is 0.579. The minimum Gasteiger partial charge on any atom is -0.333 e. The fourth-order valence-corrected chi connectivity index (χ4v) is 5.27. The number of carbonyl (C=O) groups is 1. The molecule has 1 fully saturated rings. The molecule has 1 atom stereocenters. The largest absolute Gasteiger partial charge is 0.432 e. The highest BCUT2D eigenvalue weighted by Crippen LogP contribution is 2.37. The van der Waals surface area contributed by atoms with Crippen LogP contribution in [0, 0.1) is 5.92 Å². The predicted octanol–water partition coefficient (Wildman–Crippen LogP) is 3.61. The molecule has 29 heavy (non-hydrogen) atoms. The number of alkyl halides is 3. The first-order valence-corrected chi connectivity index (χ1v) is 10.9. The summed E-state index contributed by atoms with van der Waals surface area (Å²) >= 11 is 0. The van der Waals surface area contributed by atoms with Gasteiger partial charge in [-0.25, -0.2) is 8.42 Å². The minimum atomic E-state index is -4.63. The third-order valence-electron chi connectivity index (χ3n) is 5.28. The molecule has 1 N–H and O–H groups in total. The van der Waals surface area contributed by atoms with E-state index in [1.54, 1.807) is 32.9 Å². The lowest BCUT2D eigenvalue weighted by atomic mass is 9.95. The van der Waals surface area contributed by atoms with E-state index in [0.29, 0.717) is 18.9 Å². The van der Waals surface area contributed by atoms with Gasteiger partial charge in [-0.2, -0.15) is 18.3 Å². The fourth-order valence-electron chi connectivity index (χ4n) is 3.43. The molecule has 1 aliphatic rings. The van der Waals surface area contributed by atoms with E-state index in [1.807, 2.05) is 5.10 Å².